The molecular weight excluding hydrogens is 572 g/mol. The standard InChI is InChI=1S/C36H37ClN4O3/c1-3-29(27-14-8-5-9-15-27)36(44)41-22-20-40(21-23-41)33-19-18-28(38-34(42)30-16-10-11-17-32(30)37)24-31(33)35(43)39(2)25-26-12-6-4-7-13-26/h4-19,24,29H,3,20-23,25H2,1-2H3,(H,38,42)/t29-/m0/s1. The van der Waals surface area contributed by atoms with Crippen molar-refractivity contribution in [2.75, 3.05) is 43.4 Å². The van der Waals surface area contributed by atoms with Gasteiger partial charge in [-0.3, -0.25) is 14.4 Å². The topological polar surface area (TPSA) is 73.0 Å². The number of carbonyl (C=O) groups is 3. The molecule has 7 nitrogen and oxygen atoms in total. The predicted octanol–water partition coefficient (Wildman–Crippen LogP) is 6.71. The summed E-state index contributed by atoms with van der Waals surface area (Å²) < 4.78 is 0. The Morgan fingerprint density at radius 2 is 1.45 bits per heavy atom. The number of benzene rings is 4. The van der Waals surface area contributed by atoms with Crippen LogP contribution in [0.5, 0.6) is 0 Å². The molecular formula is C36H37ClN4O3. The van der Waals surface area contributed by atoms with Crippen molar-refractivity contribution in [3.05, 3.63) is 130 Å². The average molecular weight is 609 g/mol. The summed E-state index contributed by atoms with van der Waals surface area (Å²) in [5.41, 5.74) is 4.16. The predicted molar refractivity (Wildman–Crippen MR) is 176 cm³/mol. The summed E-state index contributed by atoms with van der Waals surface area (Å²) in [6.45, 7) is 4.77. The molecule has 1 fully saturated rings. The molecule has 0 aromatic heterocycles. The van der Waals surface area contributed by atoms with E-state index in [1.807, 2.05) is 78.6 Å². The van der Waals surface area contributed by atoms with Gasteiger partial charge in [-0.2, -0.15) is 0 Å². The minimum Gasteiger partial charge on any atom is -0.367 e. The Balaban J connectivity index is 1.37. The molecule has 226 valence electrons. The maximum absolute atomic E-state index is 13.9. The molecule has 5 rings (SSSR count). The Kier molecular flexibility index (Phi) is 9.97. The largest absolute Gasteiger partial charge is 0.367 e. The normalized spacial score (nSPS) is 13.7. The van der Waals surface area contributed by atoms with E-state index in [4.69, 9.17) is 11.6 Å². The van der Waals surface area contributed by atoms with Crippen LogP contribution in [0.15, 0.2) is 103 Å². The van der Waals surface area contributed by atoms with Crippen LogP contribution in [0, 0.1) is 0 Å². The number of amides is 3. The van der Waals surface area contributed by atoms with Crippen LogP contribution in [-0.4, -0.2) is 60.7 Å². The smallest absolute Gasteiger partial charge is 0.257 e. The minimum absolute atomic E-state index is 0.134. The molecule has 3 amide bonds. The summed E-state index contributed by atoms with van der Waals surface area (Å²) in [6, 6.07) is 32.0. The van der Waals surface area contributed by atoms with E-state index < -0.39 is 0 Å². The first-order valence-corrected chi connectivity index (χ1v) is 15.3. The van der Waals surface area contributed by atoms with Crippen molar-refractivity contribution in [3.8, 4) is 0 Å². The van der Waals surface area contributed by atoms with Crippen molar-refractivity contribution in [2.24, 2.45) is 0 Å². The highest BCUT2D eigenvalue weighted by atomic mass is 35.5. The lowest BCUT2D eigenvalue weighted by atomic mass is 9.94. The molecule has 0 bridgehead atoms. The molecule has 1 aliphatic heterocycles. The first kappa shape index (κ1) is 30.8. The van der Waals surface area contributed by atoms with Gasteiger partial charge in [-0.25, -0.2) is 0 Å². The Morgan fingerprint density at radius 3 is 2.11 bits per heavy atom. The number of carbonyl (C=O) groups excluding carboxylic acids is 3. The van der Waals surface area contributed by atoms with Gasteiger partial charge in [0, 0.05) is 51.1 Å². The second-order valence-corrected chi connectivity index (χ2v) is 11.4. The average Bonchev–Trinajstić information content (AvgIpc) is 3.06. The Labute approximate surface area is 264 Å². The van der Waals surface area contributed by atoms with Gasteiger partial charge in [-0.05, 0) is 47.9 Å². The minimum atomic E-state index is -0.351. The second-order valence-electron chi connectivity index (χ2n) is 11.0. The van der Waals surface area contributed by atoms with Crippen LogP contribution in [0.3, 0.4) is 0 Å². The fourth-order valence-corrected chi connectivity index (χ4v) is 5.89. The van der Waals surface area contributed by atoms with Crippen molar-refractivity contribution < 1.29 is 14.4 Å². The molecule has 0 spiro atoms. The highest BCUT2D eigenvalue weighted by Crippen LogP contribution is 2.29. The fourth-order valence-electron chi connectivity index (χ4n) is 5.67. The third kappa shape index (κ3) is 7.12. The molecule has 4 aromatic rings. The van der Waals surface area contributed by atoms with Crippen LogP contribution < -0.4 is 10.2 Å². The lowest BCUT2D eigenvalue weighted by Gasteiger charge is -2.38. The molecule has 1 N–H and O–H groups in total. The zero-order chi connectivity index (χ0) is 31.1. The highest BCUT2D eigenvalue weighted by molar-refractivity contribution is 6.34. The fraction of sp³-hybridized carbons (Fsp3) is 0.250. The van der Waals surface area contributed by atoms with E-state index in [1.165, 1.54) is 0 Å². The Morgan fingerprint density at radius 1 is 0.818 bits per heavy atom. The number of rotatable bonds is 9. The number of piperazine rings is 1. The molecule has 0 unspecified atom stereocenters. The molecule has 1 atom stereocenters. The van der Waals surface area contributed by atoms with Crippen molar-refractivity contribution in [2.45, 2.75) is 25.8 Å². The van der Waals surface area contributed by atoms with Gasteiger partial charge in [0.2, 0.25) is 5.91 Å². The van der Waals surface area contributed by atoms with Crippen molar-refractivity contribution in [1.82, 2.24) is 9.80 Å². The molecule has 44 heavy (non-hydrogen) atoms. The van der Waals surface area contributed by atoms with E-state index in [0.717, 1.165) is 23.2 Å². The number of nitrogens with zero attached hydrogens (tertiary/aromatic N) is 3. The van der Waals surface area contributed by atoms with Crippen molar-refractivity contribution >= 4 is 40.7 Å². The summed E-state index contributed by atoms with van der Waals surface area (Å²) in [5.74, 6) is -0.552. The van der Waals surface area contributed by atoms with Gasteiger partial charge >= 0.3 is 0 Å². The molecule has 1 heterocycles. The van der Waals surface area contributed by atoms with Gasteiger partial charge in [0.25, 0.3) is 11.8 Å². The van der Waals surface area contributed by atoms with Crippen LogP contribution in [0.4, 0.5) is 11.4 Å². The van der Waals surface area contributed by atoms with Crippen LogP contribution in [0.25, 0.3) is 0 Å². The number of hydrogen-bond donors (Lipinski definition) is 1. The quantitative estimate of drug-likeness (QED) is 0.229. The molecule has 8 heteroatoms. The molecule has 0 radical (unpaired) electrons. The van der Waals surface area contributed by atoms with Gasteiger partial charge in [-0.1, -0.05) is 91.3 Å². The number of anilines is 2. The third-order valence-electron chi connectivity index (χ3n) is 8.05. The van der Waals surface area contributed by atoms with Crippen LogP contribution in [-0.2, 0) is 11.3 Å². The zero-order valence-corrected chi connectivity index (χ0v) is 25.8. The van der Waals surface area contributed by atoms with Gasteiger partial charge < -0.3 is 20.0 Å². The number of hydrogen-bond acceptors (Lipinski definition) is 4. The number of nitrogens with one attached hydrogen (secondary N) is 1. The zero-order valence-electron chi connectivity index (χ0n) is 25.1. The van der Waals surface area contributed by atoms with E-state index in [1.54, 1.807) is 48.3 Å². The maximum Gasteiger partial charge on any atom is 0.257 e. The van der Waals surface area contributed by atoms with E-state index in [2.05, 4.69) is 10.2 Å². The molecule has 0 saturated carbocycles. The molecule has 1 saturated heterocycles. The summed E-state index contributed by atoms with van der Waals surface area (Å²) in [5, 5.41) is 3.26. The Hall–Kier alpha value is -4.62. The van der Waals surface area contributed by atoms with E-state index in [9.17, 15) is 14.4 Å². The molecule has 1 aliphatic rings. The van der Waals surface area contributed by atoms with Crippen molar-refractivity contribution in [1.29, 1.82) is 0 Å². The maximum atomic E-state index is 13.9. The first-order chi connectivity index (χ1) is 21.4. The lowest BCUT2D eigenvalue weighted by molar-refractivity contribution is -0.133. The summed E-state index contributed by atoms with van der Waals surface area (Å²) >= 11 is 6.25. The SMILES string of the molecule is CC[C@H](C(=O)N1CCN(c2ccc(NC(=O)c3ccccc3Cl)cc2C(=O)N(C)Cc2ccccc2)CC1)c1ccccc1. The van der Waals surface area contributed by atoms with Gasteiger partial charge in [0.1, 0.15) is 0 Å². The van der Waals surface area contributed by atoms with E-state index >= 15 is 0 Å². The van der Waals surface area contributed by atoms with Gasteiger partial charge in [0.05, 0.1) is 22.1 Å². The van der Waals surface area contributed by atoms with Gasteiger partial charge in [0.15, 0.2) is 0 Å². The van der Waals surface area contributed by atoms with E-state index in [-0.39, 0.29) is 23.6 Å². The van der Waals surface area contributed by atoms with Gasteiger partial charge in [-0.15, -0.1) is 0 Å². The third-order valence-corrected chi connectivity index (χ3v) is 8.38. The summed E-state index contributed by atoms with van der Waals surface area (Å²) in [7, 11) is 1.78. The van der Waals surface area contributed by atoms with Crippen LogP contribution >= 0.6 is 11.6 Å². The first-order valence-electron chi connectivity index (χ1n) is 14.9. The monoisotopic (exact) mass is 608 g/mol. The Bertz CT molecular complexity index is 1600. The summed E-state index contributed by atoms with van der Waals surface area (Å²) in [6.07, 6.45) is 0.733. The summed E-state index contributed by atoms with van der Waals surface area (Å²) in [4.78, 5) is 46.2. The van der Waals surface area contributed by atoms with Crippen LogP contribution in [0.1, 0.15) is 51.1 Å². The van der Waals surface area contributed by atoms with Crippen molar-refractivity contribution in [3.63, 3.8) is 0 Å². The molecule has 0 aliphatic carbocycles. The number of halogens is 1. The second kappa shape index (κ2) is 14.2. The highest BCUT2D eigenvalue weighted by Gasteiger charge is 2.29. The van der Waals surface area contributed by atoms with E-state index in [0.29, 0.717) is 54.6 Å². The lowest BCUT2D eigenvalue weighted by Crippen LogP contribution is -2.50. The van der Waals surface area contributed by atoms with Crippen LogP contribution in [0.2, 0.25) is 5.02 Å². The molecule has 4 aromatic carbocycles.